The number of benzene rings is 1. The largest absolute Gasteiger partial charge is 0.497 e. The van der Waals surface area contributed by atoms with Crippen LogP contribution >= 0.6 is 0 Å². The average Bonchev–Trinajstić information content (AvgIpc) is 3.26. The van der Waals surface area contributed by atoms with Gasteiger partial charge in [0.2, 0.25) is 15.0 Å². The van der Waals surface area contributed by atoms with Crippen LogP contribution in [0.5, 0.6) is 5.75 Å². The quantitative estimate of drug-likeness (QED) is 0.125. The Balaban J connectivity index is 2.05. The summed E-state index contributed by atoms with van der Waals surface area (Å²) in [4.78, 5) is 13.4. The lowest BCUT2D eigenvalue weighted by molar-refractivity contribution is 0.129. The number of hydrogen-bond donors (Lipinski definition) is 0. The predicted molar refractivity (Wildman–Crippen MR) is 161 cm³/mol. The average molecular weight is 589 g/mol. The molecule has 0 bridgehead atoms. The molecule has 40 heavy (non-hydrogen) atoms. The maximum absolute atomic E-state index is 12.3. The third-order valence-electron chi connectivity index (χ3n) is 7.48. The van der Waals surface area contributed by atoms with E-state index in [-0.39, 0.29) is 11.9 Å². The van der Waals surface area contributed by atoms with Crippen molar-refractivity contribution in [2.24, 2.45) is 0 Å². The molecule has 3 rings (SSSR count). The Labute approximate surface area is 240 Å². The molecule has 0 aliphatic heterocycles. The Hall–Kier alpha value is -2.60. The van der Waals surface area contributed by atoms with E-state index in [9.17, 15) is 8.42 Å². The van der Waals surface area contributed by atoms with Crippen LogP contribution in [-0.2, 0) is 32.2 Å². The highest BCUT2D eigenvalue weighted by atomic mass is 32.2. The molecular weight excluding hydrogens is 544 g/mol. The number of methoxy groups -OCH3 is 2. The topological polar surface area (TPSA) is 105 Å². The second-order valence-corrected chi connectivity index (χ2v) is 18.4. The van der Waals surface area contributed by atoms with Gasteiger partial charge in [0.25, 0.3) is 0 Å². The minimum Gasteiger partial charge on any atom is -0.497 e. The molecule has 1 aromatic carbocycles. The molecule has 0 atom stereocenters. The van der Waals surface area contributed by atoms with Gasteiger partial charge in [0, 0.05) is 38.2 Å². The number of ether oxygens (including phenoxy) is 2. The molecule has 2 aromatic heterocycles. The fourth-order valence-electron chi connectivity index (χ4n) is 5.80. The summed E-state index contributed by atoms with van der Waals surface area (Å²) < 4.78 is 44.2. The highest BCUT2D eigenvalue weighted by molar-refractivity contribution is 7.90. The van der Waals surface area contributed by atoms with Crippen LogP contribution < -0.4 is 4.74 Å². The van der Waals surface area contributed by atoms with Gasteiger partial charge in [-0.1, -0.05) is 41.5 Å². The van der Waals surface area contributed by atoms with Gasteiger partial charge in [0.15, 0.2) is 8.32 Å². The van der Waals surface area contributed by atoms with Gasteiger partial charge in [-0.25, -0.2) is 23.4 Å². The van der Waals surface area contributed by atoms with Crippen molar-refractivity contribution >= 4 is 18.2 Å². The molecule has 220 valence electrons. The number of nitrogens with zero attached hydrogens (tertiary/aromatic N) is 4. The van der Waals surface area contributed by atoms with E-state index in [1.54, 1.807) is 20.3 Å². The van der Waals surface area contributed by atoms with E-state index in [0.29, 0.717) is 46.7 Å². The smallest absolute Gasteiger partial charge is 0.247 e. The summed E-state index contributed by atoms with van der Waals surface area (Å²) in [5, 5.41) is -0.233. The molecule has 0 fully saturated rings. The van der Waals surface area contributed by atoms with Gasteiger partial charge < -0.3 is 18.5 Å². The zero-order valence-electron chi connectivity index (χ0n) is 25.3. The summed E-state index contributed by atoms with van der Waals surface area (Å²) in [7, 11) is -2.33. The fourth-order valence-corrected chi connectivity index (χ4v) is 11.8. The first kappa shape index (κ1) is 31.9. The van der Waals surface area contributed by atoms with Crippen LogP contribution in [0.15, 0.2) is 41.7 Å². The Bertz CT molecular complexity index is 1350. The van der Waals surface area contributed by atoms with Crippen molar-refractivity contribution in [2.45, 2.75) is 82.9 Å². The van der Waals surface area contributed by atoms with Gasteiger partial charge >= 0.3 is 0 Å². The van der Waals surface area contributed by atoms with Crippen molar-refractivity contribution in [1.82, 2.24) is 19.5 Å². The Morgan fingerprint density at radius 2 is 1.55 bits per heavy atom. The van der Waals surface area contributed by atoms with Crippen molar-refractivity contribution in [3.8, 4) is 28.4 Å². The molecule has 0 spiro atoms. The first-order valence-corrected chi connectivity index (χ1v) is 17.8. The summed E-state index contributed by atoms with van der Waals surface area (Å²) in [6, 6.07) is 9.31. The van der Waals surface area contributed by atoms with E-state index in [0.717, 1.165) is 29.8 Å². The van der Waals surface area contributed by atoms with Gasteiger partial charge in [0.05, 0.1) is 24.2 Å². The van der Waals surface area contributed by atoms with Crippen molar-refractivity contribution in [1.29, 1.82) is 0 Å². The summed E-state index contributed by atoms with van der Waals surface area (Å²) in [6.45, 7) is 14.6. The SMILES string of the molecule is COCn1c(CCCO[Si](C(C)C)(C(C)C)C(C)C)nc(-c2ccc(OC)cc2)c1-c1ccnc(S(C)(=O)=O)n1. The zero-order valence-corrected chi connectivity index (χ0v) is 27.1. The second kappa shape index (κ2) is 13.4. The van der Waals surface area contributed by atoms with Gasteiger partial charge in [-0.3, -0.25) is 0 Å². The molecule has 0 saturated heterocycles. The predicted octanol–water partition coefficient (Wildman–Crippen LogP) is 6.15. The molecule has 11 heteroatoms. The van der Waals surface area contributed by atoms with E-state index in [1.165, 1.54) is 6.20 Å². The Morgan fingerprint density at radius 1 is 0.925 bits per heavy atom. The first-order chi connectivity index (χ1) is 18.9. The molecule has 0 saturated carbocycles. The lowest BCUT2D eigenvalue weighted by atomic mass is 10.1. The molecular formula is C29H44N4O5SSi. The van der Waals surface area contributed by atoms with E-state index in [2.05, 4.69) is 51.5 Å². The lowest BCUT2D eigenvalue weighted by Gasteiger charge is -2.42. The standard InChI is InChI=1S/C29H44N4O5SSi/c1-20(2)40(21(3)4,22(5)6)38-18-10-11-26-32-27(23-12-14-24(37-8)15-13-23)28(33(26)19-36-7)25-16-17-30-29(31-25)39(9,34)35/h12-17,20-22H,10-11,18-19H2,1-9H3. The Morgan fingerprint density at radius 3 is 2.08 bits per heavy atom. The summed E-state index contributed by atoms with van der Waals surface area (Å²) in [5.74, 6) is 1.55. The normalized spacial score (nSPS) is 12.6. The van der Waals surface area contributed by atoms with Gasteiger partial charge in [-0.05, 0) is 53.4 Å². The van der Waals surface area contributed by atoms with Crippen LogP contribution in [0.4, 0.5) is 0 Å². The van der Waals surface area contributed by atoms with Gasteiger partial charge in [-0.2, -0.15) is 0 Å². The highest BCUT2D eigenvalue weighted by Crippen LogP contribution is 2.42. The van der Waals surface area contributed by atoms with E-state index in [4.69, 9.17) is 18.9 Å². The maximum Gasteiger partial charge on any atom is 0.247 e. The third kappa shape index (κ3) is 6.81. The second-order valence-electron chi connectivity index (χ2n) is 11.1. The van der Waals surface area contributed by atoms with Crippen LogP contribution in [0.1, 0.15) is 53.8 Å². The number of sulfone groups is 1. The molecule has 9 nitrogen and oxygen atoms in total. The first-order valence-electron chi connectivity index (χ1n) is 13.8. The number of aryl methyl sites for hydroxylation is 1. The molecule has 0 aliphatic rings. The fraction of sp³-hybridized carbons (Fsp3) is 0.552. The molecule has 0 radical (unpaired) electrons. The van der Waals surface area contributed by atoms with Crippen molar-refractivity contribution < 1.29 is 22.3 Å². The van der Waals surface area contributed by atoms with Crippen LogP contribution in [0.25, 0.3) is 22.6 Å². The zero-order chi connectivity index (χ0) is 29.7. The molecule has 3 aromatic rings. The monoisotopic (exact) mass is 588 g/mol. The molecule has 2 heterocycles. The molecule has 0 amide bonds. The third-order valence-corrected chi connectivity index (χ3v) is 14.5. The van der Waals surface area contributed by atoms with Crippen molar-refractivity contribution in [3.63, 3.8) is 0 Å². The summed E-state index contributed by atoms with van der Waals surface area (Å²) in [6.07, 6.45) is 4.02. The highest BCUT2D eigenvalue weighted by Gasteiger charge is 2.44. The molecule has 0 unspecified atom stereocenters. The van der Waals surface area contributed by atoms with Gasteiger partial charge in [0.1, 0.15) is 18.3 Å². The summed E-state index contributed by atoms with van der Waals surface area (Å²) in [5.41, 5.74) is 4.20. The van der Waals surface area contributed by atoms with Crippen molar-refractivity contribution in [3.05, 3.63) is 42.4 Å². The number of aromatic nitrogens is 4. The minimum absolute atomic E-state index is 0.232. The van der Waals surface area contributed by atoms with Crippen LogP contribution in [0, 0.1) is 0 Å². The molecule has 0 aliphatic carbocycles. The van der Waals surface area contributed by atoms with Gasteiger partial charge in [-0.15, -0.1) is 0 Å². The maximum atomic E-state index is 12.3. The van der Waals surface area contributed by atoms with Crippen LogP contribution in [-0.4, -0.2) is 63.3 Å². The number of imidazole rings is 1. The van der Waals surface area contributed by atoms with E-state index >= 15 is 0 Å². The van der Waals surface area contributed by atoms with E-state index < -0.39 is 18.2 Å². The lowest BCUT2D eigenvalue weighted by Crippen LogP contribution is -2.48. The van der Waals surface area contributed by atoms with E-state index in [1.807, 2.05) is 28.8 Å². The summed E-state index contributed by atoms with van der Waals surface area (Å²) >= 11 is 0. The Kier molecular flexibility index (Phi) is 10.7. The number of rotatable bonds is 14. The minimum atomic E-state index is -3.60. The van der Waals surface area contributed by atoms with Crippen LogP contribution in [0.2, 0.25) is 16.6 Å². The number of hydrogen-bond acceptors (Lipinski definition) is 8. The van der Waals surface area contributed by atoms with Crippen molar-refractivity contribution in [2.75, 3.05) is 27.1 Å². The van der Waals surface area contributed by atoms with Crippen LogP contribution in [0.3, 0.4) is 0 Å². The molecule has 0 N–H and O–H groups in total.